The fourth-order valence-electron chi connectivity index (χ4n) is 6.29. The first-order valence-corrected chi connectivity index (χ1v) is 9.92. The van der Waals surface area contributed by atoms with Gasteiger partial charge in [-0.15, -0.1) is 0 Å². The highest BCUT2D eigenvalue weighted by atomic mass is 16.4. The van der Waals surface area contributed by atoms with Gasteiger partial charge in [-0.2, -0.15) is 0 Å². The number of rotatable bonds is 3. The molecule has 1 fully saturated rings. The number of piperazine rings is 1. The summed E-state index contributed by atoms with van der Waals surface area (Å²) in [6.07, 6.45) is -2.06. The van der Waals surface area contributed by atoms with Crippen molar-refractivity contribution in [2.24, 2.45) is 10.8 Å². The molecule has 3 N–H and O–H groups in total. The molecule has 2 rings (SSSR count). The molecule has 2 amide bonds. The average molecular weight is 407 g/mol. The molecule has 0 spiro atoms. The first kappa shape index (κ1) is 23.0. The first-order chi connectivity index (χ1) is 13.3. The van der Waals surface area contributed by atoms with E-state index in [1.807, 2.05) is 71.9 Å². The summed E-state index contributed by atoms with van der Waals surface area (Å²) in [4.78, 5) is 27.5. The average Bonchev–Trinajstić information content (AvgIpc) is 2.59. The number of hydrogen-bond acceptors (Lipinski definition) is 3. The van der Waals surface area contributed by atoms with Crippen LogP contribution in [0.2, 0.25) is 0 Å². The van der Waals surface area contributed by atoms with Crippen LogP contribution in [0, 0.1) is 10.8 Å². The summed E-state index contributed by atoms with van der Waals surface area (Å²) >= 11 is 0. The van der Waals surface area contributed by atoms with E-state index in [0.29, 0.717) is 0 Å². The topological polar surface area (TPSA) is 101 Å². The predicted octanol–water partition coefficient (Wildman–Crippen LogP) is 3.76. The van der Waals surface area contributed by atoms with Gasteiger partial charge in [0.15, 0.2) is 0 Å². The number of benzene rings is 1. The Labute approximate surface area is 172 Å². The monoisotopic (exact) mass is 406 g/mol. The van der Waals surface area contributed by atoms with Gasteiger partial charge in [0, 0.05) is 19.5 Å². The standard InChI is InChI=1S/C22H34N2O5/c1-19(2,3)22(20(4,5)6)21(15-25,14-16-10-8-7-9-11-16)23(17(26)27)12-13-24(22)18(28)29/h7-11,25H,12-15H2,1-6H3,(H,26,27)(H,28,29). The molecule has 0 aromatic heterocycles. The smallest absolute Gasteiger partial charge is 0.407 e. The Morgan fingerprint density at radius 3 is 1.72 bits per heavy atom. The van der Waals surface area contributed by atoms with Crippen LogP contribution in [-0.4, -0.2) is 68.1 Å². The van der Waals surface area contributed by atoms with Crippen LogP contribution in [0.25, 0.3) is 0 Å². The van der Waals surface area contributed by atoms with Gasteiger partial charge in [0.1, 0.15) is 0 Å². The lowest BCUT2D eigenvalue weighted by molar-refractivity contribution is -0.204. The van der Waals surface area contributed by atoms with Crippen LogP contribution in [-0.2, 0) is 6.42 Å². The number of carbonyl (C=O) groups is 2. The van der Waals surface area contributed by atoms with Crippen LogP contribution in [0.3, 0.4) is 0 Å². The zero-order valence-corrected chi connectivity index (χ0v) is 18.3. The molecule has 0 saturated carbocycles. The molecule has 1 aromatic rings. The van der Waals surface area contributed by atoms with Crippen LogP contribution in [0.4, 0.5) is 9.59 Å². The van der Waals surface area contributed by atoms with Gasteiger partial charge >= 0.3 is 12.2 Å². The molecule has 1 aliphatic rings. The summed E-state index contributed by atoms with van der Waals surface area (Å²) in [5.41, 5.74) is -3.10. The summed E-state index contributed by atoms with van der Waals surface area (Å²) in [6.45, 7) is 11.1. The van der Waals surface area contributed by atoms with E-state index in [1.165, 1.54) is 9.80 Å². The maximum absolute atomic E-state index is 12.5. The number of hydrogen-bond donors (Lipinski definition) is 3. The van der Waals surface area contributed by atoms with Crippen LogP contribution in [0.15, 0.2) is 30.3 Å². The SMILES string of the molecule is CC(C)(C)C1(C(C)(C)C)N(C(=O)O)CCN(C(=O)O)C1(CO)Cc1ccccc1. The van der Waals surface area contributed by atoms with Crippen molar-refractivity contribution in [3.8, 4) is 0 Å². The molecule has 1 aromatic carbocycles. The molecule has 1 atom stereocenters. The third-order valence-corrected chi connectivity index (χ3v) is 6.38. The first-order valence-electron chi connectivity index (χ1n) is 9.92. The van der Waals surface area contributed by atoms with Crippen LogP contribution in [0.1, 0.15) is 47.1 Å². The molecular weight excluding hydrogens is 372 g/mol. The van der Waals surface area contributed by atoms with Crippen LogP contribution < -0.4 is 0 Å². The minimum Gasteiger partial charge on any atom is -0.465 e. The fourth-order valence-corrected chi connectivity index (χ4v) is 6.29. The Kier molecular flexibility index (Phi) is 5.96. The number of aliphatic hydroxyl groups excluding tert-OH is 1. The second-order valence-electron chi connectivity index (χ2n) is 9.93. The Morgan fingerprint density at radius 2 is 1.34 bits per heavy atom. The molecule has 162 valence electrons. The van der Waals surface area contributed by atoms with Gasteiger partial charge in [0.25, 0.3) is 0 Å². The molecule has 1 saturated heterocycles. The van der Waals surface area contributed by atoms with Crippen molar-refractivity contribution in [2.45, 2.75) is 59.0 Å². The molecule has 0 bridgehead atoms. The van der Waals surface area contributed by atoms with E-state index in [4.69, 9.17) is 0 Å². The van der Waals surface area contributed by atoms with E-state index in [0.717, 1.165) is 5.56 Å². The Hall–Kier alpha value is -2.28. The van der Waals surface area contributed by atoms with E-state index < -0.39 is 40.7 Å². The largest absolute Gasteiger partial charge is 0.465 e. The molecule has 0 radical (unpaired) electrons. The summed E-state index contributed by atoms with van der Waals surface area (Å²) in [6, 6.07) is 9.36. The number of nitrogens with zero attached hydrogens (tertiary/aromatic N) is 2. The highest BCUT2D eigenvalue weighted by Gasteiger charge is 2.71. The van der Waals surface area contributed by atoms with Crippen LogP contribution in [0.5, 0.6) is 0 Å². The maximum Gasteiger partial charge on any atom is 0.407 e. The second-order valence-corrected chi connectivity index (χ2v) is 9.93. The van der Waals surface area contributed by atoms with Gasteiger partial charge in [0.2, 0.25) is 0 Å². The predicted molar refractivity (Wildman–Crippen MR) is 111 cm³/mol. The zero-order valence-electron chi connectivity index (χ0n) is 18.3. The molecule has 7 nitrogen and oxygen atoms in total. The van der Waals surface area contributed by atoms with Gasteiger partial charge in [-0.1, -0.05) is 71.9 Å². The quantitative estimate of drug-likeness (QED) is 0.709. The van der Waals surface area contributed by atoms with E-state index in [9.17, 15) is 24.9 Å². The van der Waals surface area contributed by atoms with E-state index >= 15 is 0 Å². The van der Waals surface area contributed by atoms with E-state index in [2.05, 4.69) is 0 Å². The summed E-state index contributed by atoms with van der Waals surface area (Å²) in [5.74, 6) is 0. The Morgan fingerprint density at radius 1 is 0.897 bits per heavy atom. The van der Waals surface area contributed by atoms with Crippen molar-refractivity contribution >= 4 is 12.2 Å². The lowest BCUT2D eigenvalue weighted by Crippen LogP contribution is -2.86. The van der Waals surface area contributed by atoms with Crippen molar-refractivity contribution < 1.29 is 24.9 Å². The van der Waals surface area contributed by atoms with E-state index in [-0.39, 0.29) is 19.5 Å². The van der Waals surface area contributed by atoms with E-state index in [1.54, 1.807) is 0 Å². The normalized spacial score (nSPS) is 22.4. The summed E-state index contributed by atoms with van der Waals surface area (Å²) in [7, 11) is 0. The van der Waals surface area contributed by atoms with Crippen molar-refractivity contribution in [3.05, 3.63) is 35.9 Å². The highest BCUT2D eigenvalue weighted by Crippen LogP contribution is 2.58. The van der Waals surface area contributed by atoms with Crippen LogP contribution >= 0.6 is 0 Å². The Bertz CT molecular complexity index is 737. The molecule has 29 heavy (non-hydrogen) atoms. The van der Waals surface area contributed by atoms with Gasteiger partial charge in [-0.3, -0.25) is 9.80 Å². The van der Waals surface area contributed by atoms with Crippen molar-refractivity contribution in [2.75, 3.05) is 19.7 Å². The molecule has 1 aliphatic heterocycles. The molecule has 0 aliphatic carbocycles. The Balaban J connectivity index is 2.97. The lowest BCUT2D eigenvalue weighted by Gasteiger charge is -2.70. The molecule has 1 unspecified atom stereocenters. The zero-order chi connectivity index (χ0) is 22.3. The van der Waals surface area contributed by atoms with Gasteiger partial charge in [-0.05, 0) is 16.4 Å². The van der Waals surface area contributed by atoms with Gasteiger partial charge < -0.3 is 15.3 Å². The number of aliphatic hydroxyl groups is 1. The van der Waals surface area contributed by atoms with Gasteiger partial charge in [-0.25, -0.2) is 9.59 Å². The van der Waals surface area contributed by atoms with Crippen molar-refractivity contribution in [3.63, 3.8) is 0 Å². The van der Waals surface area contributed by atoms with Gasteiger partial charge in [0.05, 0.1) is 17.7 Å². The maximum atomic E-state index is 12.5. The number of carboxylic acid groups (broad SMARTS) is 2. The number of amides is 2. The lowest BCUT2D eigenvalue weighted by atomic mass is 9.48. The third kappa shape index (κ3) is 3.35. The molecular formula is C22H34N2O5. The highest BCUT2D eigenvalue weighted by molar-refractivity contribution is 5.71. The molecule has 7 heteroatoms. The summed E-state index contributed by atoms with van der Waals surface area (Å²) in [5, 5.41) is 31.2. The minimum atomic E-state index is -1.37. The third-order valence-electron chi connectivity index (χ3n) is 6.38. The second kappa shape index (κ2) is 7.52. The minimum absolute atomic E-state index is 0.00291. The fraction of sp³-hybridized carbons (Fsp3) is 0.636. The summed E-state index contributed by atoms with van der Waals surface area (Å²) < 4.78 is 0. The molecule has 1 heterocycles. The van der Waals surface area contributed by atoms with Crippen molar-refractivity contribution in [1.29, 1.82) is 0 Å². The van der Waals surface area contributed by atoms with Crippen molar-refractivity contribution in [1.82, 2.24) is 9.80 Å².